The fraction of sp³-hybridized carbons (Fsp3) is 0.333. The molecule has 0 fully saturated rings. The largest absolute Gasteiger partial charge is 0.508 e. The summed E-state index contributed by atoms with van der Waals surface area (Å²) in [4.78, 5) is 0. The Bertz CT molecular complexity index is 305. The zero-order valence-corrected chi connectivity index (χ0v) is 8.55. The van der Waals surface area contributed by atoms with Gasteiger partial charge >= 0.3 is 0 Å². The van der Waals surface area contributed by atoms with E-state index in [9.17, 15) is 8.78 Å². The number of phenols is 1. The van der Waals surface area contributed by atoms with Crippen LogP contribution in [0.5, 0.6) is 5.75 Å². The van der Waals surface area contributed by atoms with Gasteiger partial charge in [-0.05, 0) is 17.7 Å². The predicted octanol–water partition coefficient (Wildman–Crippen LogP) is 1.44. The van der Waals surface area contributed by atoms with Gasteiger partial charge in [0.1, 0.15) is 12.4 Å². The Balaban J connectivity index is 0.00000196. The summed E-state index contributed by atoms with van der Waals surface area (Å²) in [6.07, 6.45) is 0. The van der Waals surface area contributed by atoms with E-state index in [1.807, 2.05) is 0 Å². The van der Waals surface area contributed by atoms with Crippen molar-refractivity contribution in [2.45, 2.75) is 12.0 Å². The van der Waals surface area contributed by atoms with E-state index in [1.165, 1.54) is 24.3 Å². The number of halogens is 3. The number of alkyl halides is 2. The lowest BCUT2D eigenvalue weighted by atomic mass is 10.0. The van der Waals surface area contributed by atoms with E-state index in [0.717, 1.165) is 0 Å². The first-order valence-electron chi connectivity index (χ1n) is 4.00. The smallest absolute Gasteiger partial charge is 0.289 e. The Kier molecular flexibility index (Phi) is 4.93. The quantitative estimate of drug-likeness (QED) is 0.748. The van der Waals surface area contributed by atoms with E-state index < -0.39 is 18.6 Å². The highest BCUT2D eigenvalue weighted by Crippen LogP contribution is 2.29. The Morgan fingerprint density at radius 3 is 2.13 bits per heavy atom. The van der Waals surface area contributed by atoms with Crippen molar-refractivity contribution in [3.05, 3.63) is 29.8 Å². The van der Waals surface area contributed by atoms with Crippen molar-refractivity contribution in [2.75, 3.05) is 6.61 Å². The molecule has 0 aliphatic carbocycles. The molecule has 0 aromatic heterocycles. The molecule has 15 heavy (non-hydrogen) atoms. The van der Waals surface area contributed by atoms with Crippen molar-refractivity contribution >= 4 is 12.4 Å². The van der Waals surface area contributed by atoms with Crippen LogP contribution in [0, 0.1) is 0 Å². The van der Waals surface area contributed by atoms with E-state index in [2.05, 4.69) is 0 Å². The van der Waals surface area contributed by atoms with E-state index in [-0.39, 0.29) is 23.7 Å². The van der Waals surface area contributed by atoms with Gasteiger partial charge in [-0.2, -0.15) is 0 Å². The molecule has 0 radical (unpaired) electrons. The molecular weight excluding hydrogens is 228 g/mol. The summed E-state index contributed by atoms with van der Waals surface area (Å²) in [5.74, 6) is -3.37. The Morgan fingerprint density at radius 2 is 1.73 bits per heavy atom. The van der Waals surface area contributed by atoms with E-state index >= 15 is 0 Å². The standard InChI is InChI=1S/C9H11F2NO2.ClH/c10-9(11,5-13)8(12)6-1-3-7(14)4-2-6;/h1-4,8,13-14H,5,12H2;1H/t8-;/m0./s1. The fourth-order valence-corrected chi connectivity index (χ4v) is 1.02. The summed E-state index contributed by atoms with van der Waals surface area (Å²) in [6.45, 7) is -1.30. The van der Waals surface area contributed by atoms with Gasteiger partial charge in [-0.15, -0.1) is 12.4 Å². The van der Waals surface area contributed by atoms with Gasteiger partial charge in [0.25, 0.3) is 5.92 Å². The lowest BCUT2D eigenvalue weighted by Crippen LogP contribution is -2.36. The van der Waals surface area contributed by atoms with Crippen LogP contribution in [0.1, 0.15) is 11.6 Å². The number of rotatable bonds is 3. The molecule has 0 unspecified atom stereocenters. The maximum absolute atomic E-state index is 12.9. The second-order valence-electron chi connectivity index (χ2n) is 2.99. The van der Waals surface area contributed by atoms with Gasteiger partial charge in [-0.25, -0.2) is 8.78 Å². The van der Waals surface area contributed by atoms with Gasteiger partial charge < -0.3 is 15.9 Å². The van der Waals surface area contributed by atoms with Crippen LogP contribution < -0.4 is 5.73 Å². The Labute approximate surface area is 91.9 Å². The van der Waals surface area contributed by atoms with Gasteiger partial charge in [0.2, 0.25) is 0 Å². The van der Waals surface area contributed by atoms with Crippen LogP contribution in [-0.4, -0.2) is 22.7 Å². The molecule has 0 heterocycles. The minimum absolute atomic E-state index is 0. The minimum Gasteiger partial charge on any atom is -0.508 e. The van der Waals surface area contributed by atoms with E-state index in [1.54, 1.807) is 0 Å². The maximum Gasteiger partial charge on any atom is 0.289 e. The first-order valence-corrected chi connectivity index (χ1v) is 4.00. The molecule has 6 heteroatoms. The molecule has 1 aromatic carbocycles. The average molecular weight is 240 g/mol. The molecule has 0 bridgehead atoms. The first kappa shape index (κ1) is 14.1. The van der Waals surface area contributed by atoms with Crippen LogP contribution in [0.3, 0.4) is 0 Å². The van der Waals surface area contributed by atoms with Gasteiger partial charge in [-0.1, -0.05) is 12.1 Å². The number of phenolic OH excluding ortho intramolecular Hbond substituents is 1. The number of aliphatic hydroxyl groups excluding tert-OH is 1. The first-order chi connectivity index (χ1) is 6.47. The van der Waals surface area contributed by atoms with Gasteiger partial charge in [-0.3, -0.25) is 0 Å². The summed E-state index contributed by atoms with van der Waals surface area (Å²) < 4.78 is 25.8. The van der Waals surface area contributed by atoms with Crippen molar-refractivity contribution in [2.24, 2.45) is 5.73 Å². The molecule has 4 N–H and O–H groups in total. The van der Waals surface area contributed by atoms with Gasteiger partial charge in [0.15, 0.2) is 0 Å². The number of benzene rings is 1. The lowest BCUT2D eigenvalue weighted by molar-refractivity contribution is -0.0711. The minimum atomic E-state index is -3.35. The number of hydrogen-bond donors (Lipinski definition) is 3. The highest BCUT2D eigenvalue weighted by molar-refractivity contribution is 5.85. The monoisotopic (exact) mass is 239 g/mol. The molecule has 0 aliphatic heterocycles. The summed E-state index contributed by atoms with van der Waals surface area (Å²) in [6, 6.07) is 3.56. The Hall–Kier alpha value is -0.910. The number of nitrogens with two attached hydrogens (primary N) is 1. The molecule has 0 saturated heterocycles. The molecule has 1 aromatic rings. The average Bonchev–Trinajstić information content (AvgIpc) is 2.18. The molecular formula is C9H12ClF2NO2. The number of aromatic hydroxyl groups is 1. The van der Waals surface area contributed by atoms with E-state index in [0.29, 0.717) is 0 Å². The Morgan fingerprint density at radius 1 is 1.27 bits per heavy atom. The van der Waals surface area contributed by atoms with Crippen LogP contribution in [0.15, 0.2) is 24.3 Å². The van der Waals surface area contributed by atoms with Crippen LogP contribution in [0.2, 0.25) is 0 Å². The zero-order valence-electron chi connectivity index (χ0n) is 7.73. The van der Waals surface area contributed by atoms with Crippen LogP contribution in [0.25, 0.3) is 0 Å². The summed E-state index contributed by atoms with van der Waals surface area (Å²) >= 11 is 0. The van der Waals surface area contributed by atoms with Crippen molar-refractivity contribution in [1.82, 2.24) is 0 Å². The number of hydrogen-bond acceptors (Lipinski definition) is 3. The van der Waals surface area contributed by atoms with Crippen LogP contribution in [-0.2, 0) is 0 Å². The second kappa shape index (κ2) is 5.25. The molecule has 0 amide bonds. The molecule has 1 atom stereocenters. The van der Waals surface area contributed by atoms with Crippen molar-refractivity contribution in [3.8, 4) is 5.75 Å². The predicted molar refractivity (Wildman–Crippen MR) is 54.3 cm³/mol. The third-order valence-corrected chi connectivity index (χ3v) is 1.92. The van der Waals surface area contributed by atoms with E-state index in [4.69, 9.17) is 15.9 Å². The topological polar surface area (TPSA) is 66.5 Å². The maximum atomic E-state index is 12.9. The molecule has 1 rings (SSSR count). The highest BCUT2D eigenvalue weighted by Gasteiger charge is 2.37. The summed E-state index contributed by atoms with van der Waals surface area (Å²) in [5, 5.41) is 17.3. The van der Waals surface area contributed by atoms with Gasteiger partial charge in [0.05, 0.1) is 6.04 Å². The molecule has 86 valence electrons. The van der Waals surface area contributed by atoms with Crippen molar-refractivity contribution < 1.29 is 19.0 Å². The van der Waals surface area contributed by atoms with Crippen molar-refractivity contribution in [3.63, 3.8) is 0 Å². The molecule has 0 spiro atoms. The molecule has 3 nitrogen and oxygen atoms in total. The normalized spacial score (nSPS) is 13.1. The molecule has 0 saturated carbocycles. The van der Waals surface area contributed by atoms with Crippen LogP contribution in [0.4, 0.5) is 8.78 Å². The lowest BCUT2D eigenvalue weighted by Gasteiger charge is -2.21. The van der Waals surface area contributed by atoms with Crippen LogP contribution >= 0.6 is 12.4 Å². The highest BCUT2D eigenvalue weighted by atomic mass is 35.5. The number of aliphatic hydroxyl groups is 1. The summed E-state index contributed by atoms with van der Waals surface area (Å²) in [7, 11) is 0. The third kappa shape index (κ3) is 3.30. The fourth-order valence-electron chi connectivity index (χ4n) is 1.02. The van der Waals surface area contributed by atoms with Crippen molar-refractivity contribution in [1.29, 1.82) is 0 Å². The third-order valence-electron chi connectivity index (χ3n) is 1.92. The second-order valence-corrected chi connectivity index (χ2v) is 2.99. The zero-order chi connectivity index (χ0) is 10.8. The molecule has 0 aliphatic rings. The van der Waals surface area contributed by atoms with Gasteiger partial charge in [0, 0.05) is 0 Å². The summed E-state index contributed by atoms with van der Waals surface area (Å²) in [5.41, 5.74) is 5.41. The SMILES string of the molecule is Cl.N[C@@H](c1ccc(O)cc1)C(F)(F)CO.